The monoisotopic (exact) mass is 453 g/mol. The maximum Gasteiger partial charge on any atom is 0.171 e. The van der Waals surface area contributed by atoms with Gasteiger partial charge in [-0.15, -0.1) is 0 Å². The molecule has 0 unspecified atom stereocenters. The zero-order valence-corrected chi connectivity index (χ0v) is 19.0. The first-order chi connectivity index (χ1) is 16.1. The number of hydrogen-bond donors (Lipinski definition) is 2. The van der Waals surface area contributed by atoms with Crippen molar-refractivity contribution in [2.75, 3.05) is 38.6 Å². The Balaban J connectivity index is 1.39. The van der Waals surface area contributed by atoms with Crippen LogP contribution in [0.3, 0.4) is 0 Å². The number of aromatic nitrogens is 3. The second kappa shape index (κ2) is 9.02. The second-order valence-corrected chi connectivity index (χ2v) is 8.72. The molecule has 6 nitrogen and oxygen atoms in total. The summed E-state index contributed by atoms with van der Waals surface area (Å²) in [6, 6.07) is 2.98. The number of halogens is 2. The zero-order chi connectivity index (χ0) is 22.9. The van der Waals surface area contributed by atoms with Crippen molar-refractivity contribution >= 4 is 17.5 Å². The number of aromatic amines is 1. The molecule has 0 bridgehead atoms. The number of ether oxygens (including phenoxy) is 1. The maximum atomic E-state index is 14.7. The van der Waals surface area contributed by atoms with Crippen LogP contribution in [-0.2, 0) is 6.42 Å². The van der Waals surface area contributed by atoms with Crippen molar-refractivity contribution in [3.63, 3.8) is 0 Å². The van der Waals surface area contributed by atoms with Crippen LogP contribution in [0.1, 0.15) is 48.1 Å². The number of fused-ring (bicyclic) bond motifs is 1. The molecule has 1 aromatic carbocycles. The summed E-state index contributed by atoms with van der Waals surface area (Å²) in [7, 11) is 1.38. The number of methoxy groups -OCH3 is 1. The molecule has 2 aromatic heterocycles. The van der Waals surface area contributed by atoms with Crippen molar-refractivity contribution in [2.24, 2.45) is 0 Å². The smallest absolute Gasteiger partial charge is 0.171 e. The Morgan fingerprint density at radius 1 is 1.21 bits per heavy atom. The Morgan fingerprint density at radius 3 is 2.79 bits per heavy atom. The van der Waals surface area contributed by atoms with E-state index in [-0.39, 0.29) is 17.7 Å². The topological polar surface area (TPSA) is 58.1 Å². The van der Waals surface area contributed by atoms with E-state index in [2.05, 4.69) is 44.2 Å². The van der Waals surface area contributed by atoms with E-state index in [1.807, 2.05) is 6.20 Å². The quantitative estimate of drug-likeness (QED) is 0.568. The predicted octanol–water partition coefficient (Wildman–Crippen LogP) is 4.71. The molecule has 174 valence electrons. The minimum Gasteiger partial charge on any atom is -0.494 e. The highest BCUT2D eigenvalue weighted by atomic mass is 19.1. The Kier molecular flexibility index (Phi) is 5.93. The number of piperidine rings is 1. The van der Waals surface area contributed by atoms with Crippen molar-refractivity contribution in [2.45, 2.75) is 32.2 Å². The van der Waals surface area contributed by atoms with Gasteiger partial charge in [-0.1, -0.05) is 6.92 Å². The highest BCUT2D eigenvalue weighted by molar-refractivity contribution is 5.90. The second-order valence-electron chi connectivity index (χ2n) is 8.72. The highest BCUT2D eigenvalue weighted by Gasteiger charge is 2.23. The van der Waals surface area contributed by atoms with Gasteiger partial charge < -0.3 is 19.9 Å². The zero-order valence-electron chi connectivity index (χ0n) is 19.0. The number of benzene rings is 1. The number of rotatable bonds is 6. The molecule has 0 amide bonds. The Labute approximate surface area is 192 Å². The fraction of sp³-hybridized carbons (Fsp3) is 0.400. The van der Waals surface area contributed by atoms with E-state index in [9.17, 15) is 8.78 Å². The van der Waals surface area contributed by atoms with E-state index < -0.39 is 11.6 Å². The lowest BCUT2D eigenvalue weighted by Gasteiger charge is -2.31. The molecule has 1 fully saturated rings. The molecule has 3 aromatic rings. The molecule has 0 radical (unpaired) electrons. The number of likely N-dealkylation sites (tertiary alicyclic amines) is 1. The Hall–Kier alpha value is -3.13. The lowest BCUT2D eigenvalue weighted by molar-refractivity contribution is 0.187. The first kappa shape index (κ1) is 21.7. The molecule has 5 rings (SSSR count). The van der Waals surface area contributed by atoms with Gasteiger partial charge in [0.15, 0.2) is 11.6 Å². The van der Waals surface area contributed by atoms with Crippen molar-refractivity contribution in [3.8, 4) is 5.75 Å². The molecular formula is C25H29F2N5O. The molecule has 33 heavy (non-hydrogen) atoms. The Morgan fingerprint density at radius 2 is 2.03 bits per heavy atom. The molecule has 0 saturated carbocycles. The van der Waals surface area contributed by atoms with E-state index in [0.29, 0.717) is 12.6 Å². The largest absolute Gasteiger partial charge is 0.494 e. The summed E-state index contributed by atoms with van der Waals surface area (Å²) < 4.78 is 36.2. The fourth-order valence-electron chi connectivity index (χ4n) is 4.82. The summed E-state index contributed by atoms with van der Waals surface area (Å²) in [6.07, 6.45) is 10.3. The van der Waals surface area contributed by atoms with Crippen LogP contribution in [0.25, 0.3) is 11.6 Å². The summed E-state index contributed by atoms with van der Waals surface area (Å²) in [5, 5.41) is 8.04. The molecule has 0 spiro atoms. The van der Waals surface area contributed by atoms with Gasteiger partial charge in [0.25, 0.3) is 0 Å². The minimum atomic E-state index is -0.657. The summed E-state index contributed by atoms with van der Waals surface area (Å²) in [5.74, 6) is -0.332. The first-order valence-corrected chi connectivity index (χ1v) is 11.5. The normalized spacial score (nSPS) is 16.9. The SMILES string of the molecule is CCN1CCC(n2cc(C3=Cc4c(Cc5c(F)ccc(OC)c5F)c[nH]c4NC3)cn2)CC1. The van der Waals surface area contributed by atoms with Gasteiger partial charge in [0.05, 0.1) is 19.3 Å². The van der Waals surface area contributed by atoms with Crippen molar-refractivity contribution in [3.05, 3.63) is 64.6 Å². The van der Waals surface area contributed by atoms with Crippen LogP contribution in [0.15, 0.2) is 30.7 Å². The molecule has 8 heteroatoms. The molecule has 0 aliphatic carbocycles. The maximum absolute atomic E-state index is 14.7. The van der Waals surface area contributed by atoms with E-state index in [1.165, 1.54) is 19.2 Å². The predicted molar refractivity (Wildman–Crippen MR) is 125 cm³/mol. The van der Waals surface area contributed by atoms with Crippen molar-refractivity contribution in [1.82, 2.24) is 19.7 Å². The van der Waals surface area contributed by atoms with E-state index in [1.54, 1.807) is 6.20 Å². The van der Waals surface area contributed by atoms with Crippen LogP contribution in [0, 0.1) is 11.6 Å². The van der Waals surface area contributed by atoms with E-state index >= 15 is 0 Å². The third kappa shape index (κ3) is 4.15. The molecule has 0 atom stereocenters. The van der Waals surface area contributed by atoms with Gasteiger partial charge in [0.1, 0.15) is 11.6 Å². The first-order valence-electron chi connectivity index (χ1n) is 11.5. The molecule has 2 N–H and O–H groups in total. The van der Waals surface area contributed by atoms with Crippen LogP contribution in [0.5, 0.6) is 5.75 Å². The third-order valence-corrected chi connectivity index (χ3v) is 6.87. The van der Waals surface area contributed by atoms with Gasteiger partial charge in [0.2, 0.25) is 0 Å². The Bertz CT molecular complexity index is 1170. The van der Waals surface area contributed by atoms with E-state index in [4.69, 9.17) is 4.74 Å². The van der Waals surface area contributed by atoms with Gasteiger partial charge in [-0.05, 0) is 48.7 Å². The molecular weight excluding hydrogens is 424 g/mol. The van der Waals surface area contributed by atoms with Crippen LogP contribution in [0.4, 0.5) is 14.6 Å². The third-order valence-electron chi connectivity index (χ3n) is 6.87. The summed E-state index contributed by atoms with van der Waals surface area (Å²) >= 11 is 0. The van der Waals surface area contributed by atoms with Gasteiger partial charge in [0, 0.05) is 55.1 Å². The van der Waals surface area contributed by atoms with Crippen molar-refractivity contribution in [1.29, 1.82) is 0 Å². The van der Waals surface area contributed by atoms with Gasteiger partial charge in [-0.25, -0.2) is 8.78 Å². The average molecular weight is 454 g/mol. The fourth-order valence-corrected chi connectivity index (χ4v) is 4.82. The van der Waals surface area contributed by atoms with Gasteiger partial charge in [-0.2, -0.15) is 5.10 Å². The molecule has 2 aliphatic heterocycles. The lowest BCUT2D eigenvalue weighted by Crippen LogP contribution is -2.34. The summed E-state index contributed by atoms with van der Waals surface area (Å²) in [5.41, 5.74) is 3.91. The van der Waals surface area contributed by atoms with Crippen molar-refractivity contribution < 1.29 is 13.5 Å². The van der Waals surface area contributed by atoms with Gasteiger partial charge >= 0.3 is 0 Å². The highest BCUT2D eigenvalue weighted by Crippen LogP contribution is 2.34. The molecule has 4 heterocycles. The number of nitrogens with one attached hydrogen (secondary N) is 2. The molecule has 2 aliphatic rings. The number of hydrogen-bond acceptors (Lipinski definition) is 4. The lowest BCUT2D eigenvalue weighted by atomic mass is 9.97. The van der Waals surface area contributed by atoms with E-state index in [0.717, 1.165) is 60.6 Å². The summed E-state index contributed by atoms with van der Waals surface area (Å²) in [6.45, 7) is 6.17. The number of nitrogens with zero attached hydrogens (tertiary/aromatic N) is 3. The van der Waals surface area contributed by atoms with Crippen LogP contribution >= 0.6 is 0 Å². The van der Waals surface area contributed by atoms with Crippen LogP contribution < -0.4 is 10.1 Å². The summed E-state index contributed by atoms with van der Waals surface area (Å²) in [4.78, 5) is 5.66. The average Bonchev–Trinajstić information content (AvgIpc) is 3.49. The number of anilines is 1. The number of H-pyrrole nitrogens is 1. The standard InChI is InChI=1S/C25H29F2N5O/c1-3-31-8-6-19(7-9-31)32-15-18(14-30-32)16-10-20-17(13-29-25(20)28-12-16)11-21-22(26)4-5-23(33-2)24(21)27/h4-5,10,13-15,19,28-29H,3,6-9,11-12H2,1-2H3. The van der Waals surface area contributed by atoms with Crippen LogP contribution in [0.2, 0.25) is 0 Å². The van der Waals surface area contributed by atoms with Crippen LogP contribution in [-0.4, -0.2) is 53.0 Å². The van der Waals surface area contributed by atoms with Gasteiger partial charge in [-0.3, -0.25) is 4.68 Å². The minimum absolute atomic E-state index is 0.00270. The molecule has 1 saturated heterocycles.